The fraction of sp³-hybridized carbons (Fsp3) is 0.200. The molecule has 3 aromatic rings. The average Bonchev–Trinajstić information content (AvgIpc) is 2.75. The molecule has 1 aromatic heterocycles. The largest absolute Gasteiger partial charge is 0.368 e. The van der Waals surface area contributed by atoms with Crippen molar-refractivity contribution >= 4 is 23.1 Å². The molecule has 1 aliphatic heterocycles. The molecule has 2 heterocycles. The molecule has 28 heavy (non-hydrogen) atoms. The molecule has 0 radical (unpaired) electrons. The molecule has 0 atom stereocenters. The van der Waals surface area contributed by atoms with Crippen molar-refractivity contribution in [3.8, 4) is 0 Å². The van der Waals surface area contributed by atoms with Crippen LogP contribution in [0.2, 0.25) is 0 Å². The van der Waals surface area contributed by atoms with Crippen LogP contribution in [0.1, 0.15) is 0 Å². The van der Waals surface area contributed by atoms with Crippen LogP contribution in [0.3, 0.4) is 0 Å². The highest BCUT2D eigenvalue weighted by Crippen LogP contribution is 2.24. The maximum Gasteiger partial charge on any atom is 0.227 e. The number of halogens is 3. The molecule has 0 amide bonds. The van der Waals surface area contributed by atoms with Crippen LogP contribution in [-0.4, -0.2) is 36.1 Å². The van der Waals surface area contributed by atoms with Gasteiger partial charge in [0.1, 0.15) is 5.82 Å². The molecule has 5 nitrogen and oxygen atoms in total. The first-order chi connectivity index (χ1) is 13.6. The van der Waals surface area contributed by atoms with E-state index >= 15 is 0 Å². The lowest BCUT2D eigenvalue weighted by molar-refractivity contribution is 0.449. The van der Waals surface area contributed by atoms with Crippen LogP contribution in [0.15, 0.2) is 54.7 Å². The zero-order valence-corrected chi connectivity index (χ0v) is 14.9. The predicted molar refractivity (Wildman–Crippen MR) is 102 cm³/mol. The molecule has 1 aliphatic rings. The smallest absolute Gasteiger partial charge is 0.227 e. The molecule has 1 fully saturated rings. The summed E-state index contributed by atoms with van der Waals surface area (Å²) in [6.45, 7) is 3.11. The highest BCUT2D eigenvalue weighted by molar-refractivity contribution is 5.58. The Morgan fingerprint density at radius 2 is 1.50 bits per heavy atom. The topological polar surface area (TPSA) is 44.3 Å². The van der Waals surface area contributed by atoms with E-state index in [0.29, 0.717) is 11.8 Å². The van der Waals surface area contributed by atoms with Gasteiger partial charge < -0.3 is 15.1 Å². The molecular formula is C20H18F3N5. The van der Waals surface area contributed by atoms with Gasteiger partial charge in [0, 0.05) is 38.1 Å². The number of aromatic nitrogens is 2. The second-order valence-electron chi connectivity index (χ2n) is 6.40. The van der Waals surface area contributed by atoms with Gasteiger partial charge in [-0.1, -0.05) is 18.2 Å². The first-order valence-corrected chi connectivity index (χ1v) is 8.90. The van der Waals surface area contributed by atoms with Gasteiger partial charge >= 0.3 is 0 Å². The molecule has 0 bridgehead atoms. The third-order valence-electron chi connectivity index (χ3n) is 4.62. The van der Waals surface area contributed by atoms with Crippen LogP contribution < -0.4 is 15.1 Å². The average molecular weight is 385 g/mol. The minimum atomic E-state index is -1.52. The second kappa shape index (κ2) is 7.75. The Hall–Kier alpha value is -3.29. The quantitative estimate of drug-likeness (QED) is 0.689. The summed E-state index contributed by atoms with van der Waals surface area (Å²) in [5.41, 5.74) is 0.991. The van der Waals surface area contributed by atoms with Crippen LogP contribution in [0.5, 0.6) is 0 Å². The van der Waals surface area contributed by atoms with Crippen molar-refractivity contribution in [1.29, 1.82) is 0 Å². The second-order valence-corrected chi connectivity index (χ2v) is 6.40. The van der Waals surface area contributed by atoms with E-state index in [9.17, 15) is 13.2 Å². The molecule has 0 aliphatic carbocycles. The van der Waals surface area contributed by atoms with E-state index in [1.165, 1.54) is 5.69 Å². The number of benzene rings is 2. The monoisotopic (exact) mass is 385 g/mol. The van der Waals surface area contributed by atoms with Crippen molar-refractivity contribution in [3.05, 3.63) is 72.2 Å². The third kappa shape index (κ3) is 3.71. The molecule has 144 valence electrons. The molecule has 0 spiro atoms. The van der Waals surface area contributed by atoms with Crippen molar-refractivity contribution in [2.75, 3.05) is 41.3 Å². The Balaban J connectivity index is 1.45. The maximum atomic E-state index is 13.9. The van der Waals surface area contributed by atoms with Gasteiger partial charge in [0.05, 0.1) is 5.69 Å². The van der Waals surface area contributed by atoms with E-state index in [1.807, 2.05) is 23.1 Å². The number of piperazine rings is 1. The number of anilines is 4. The van der Waals surface area contributed by atoms with Gasteiger partial charge in [-0.2, -0.15) is 4.98 Å². The maximum absolute atomic E-state index is 13.9. The molecule has 1 N–H and O–H groups in total. The fourth-order valence-electron chi connectivity index (χ4n) is 3.13. The molecule has 8 heteroatoms. The highest BCUT2D eigenvalue weighted by atomic mass is 19.2. The van der Waals surface area contributed by atoms with Gasteiger partial charge in [0.15, 0.2) is 17.5 Å². The Labute approximate surface area is 160 Å². The van der Waals surface area contributed by atoms with Crippen LogP contribution in [0.25, 0.3) is 0 Å². The lowest BCUT2D eigenvalue weighted by Crippen LogP contribution is -2.47. The summed E-state index contributed by atoms with van der Waals surface area (Å²) in [6.07, 6.45) is 1.55. The van der Waals surface area contributed by atoms with E-state index in [1.54, 1.807) is 12.3 Å². The fourth-order valence-corrected chi connectivity index (χ4v) is 3.13. The molecular weight excluding hydrogens is 367 g/mol. The van der Waals surface area contributed by atoms with Gasteiger partial charge in [-0.25, -0.2) is 18.2 Å². The van der Waals surface area contributed by atoms with Gasteiger partial charge in [0.25, 0.3) is 0 Å². The number of hydrogen-bond acceptors (Lipinski definition) is 5. The van der Waals surface area contributed by atoms with Crippen LogP contribution >= 0.6 is 0 Å². The van der Waals surface area contributed by atoms with E-state index in [0.717, 1.165) is 38.3 Å². The van der Waals surface area contributed by atoms with Crippen molar-refractivity contribution < 1.29 is 13.2 Å². The predicted octanol–water partition coefficient (Wildman–Crippen LogP) is 3.96. The van der Waals surface area contributed by atoms with Gasteiger partial charge in [-0.3, -0.25) is 0 Å². The van der Waals surface area contributed by atoms with Crippen molar-refractivity contribution in [1.82, 2.24) is 9.97 Å². The van der Waals surface area contributed by atoms with E-state index in [-0.39, 0.29) is 5.69 Å². The highest BCUT2D eigenvalue weighted by Gasteiger charge is 2.20. The van der Waals surface area contributed by atoms with Crippen molar-refractivity contribution in [2.45, 2.75) is 0 Å². The van der Waals surface area contributed by atoms with Crippen LogP contribution in [0, 0.1) is 17.5 Å². The van der Waals surface area contributed by atoms with Gasteiger partial charge in [-0.05, 0) is 30.3 Å². The number of nitrogens with one attached hydrogen (secondary N) is 1. The summed E-state index contributed by atoms with van der Waals surface area (Å²) >= 11 is 0. The standard InChI is InChI=1S/C20H18F3N5/c21-15-6-7-16(19(23)18(15)22)25-17-8-9-24-20(26-17)28-12-10-27(11-13-28)14-4-2-1-3-5-14/h1-9H,10-13H2,(H,24,25,26). The molecule has 2 aromatic carbocycles. The summed E-state index contributed by atoms with van der Waals surface area (Å²) < 4.78 is 40.4. The Bertz CT molecular complexity index is 959. The van der Waals surface area contributed by atoms with Gasteiger partial charge in [0.2, 0.25) is 5.95 Å². The summed E-state index contributed by atoms with van der Waals surface area (Å²) in [5, 5.41) is 2.68. The first kappa shape index (κ1) is 18.1. The Kier molecular flexibility index (Phi) is 5.01. The molecule has 1 saturated heterocycles. The normalized spacial score (nSPS) is 14.2. The SMILES string of the molecule is Fc1ccc(Nc2ccnc(N3CCN(c4ccccc4)CC3)n2)c(F)c1F. The van der Waals surface area contributed by atoms with E-state index < -0.39 is 17.5 Å². The van der Waals surface area contributed by atoms with Crippen molar-refractivity contribution in [3.63, 3.8) is 0 Å². The number of hydrogen-bond donors (Lipinski definition) is 1. The summed E-state index contributed by atoms with van der Waals surface area (Å²) in [4.78, 5) is 13.0. The minimum absolute atomic E-state index is 0.183. The summed E-state index contributed by atoms with van der Waals surface area (Å²) in [7, 11) is 0. The summed E-state index contributed by atoms with van der Waals surface area (Å²) in [6, 6.07) is 13.7. The van der Waals surface area contributed by atoms with E-state index in [2.05, 4.69) is 32.3 Å². The minimum Gasteiger partial charge on any atom is -0.368 e. The zero-order valence-electron chi connectivity index (χ0n) is 14.9. The number of para-hydroxylation sites is 1. The third-order valence-corrected chi connectivity index (χ3v) is 4.62. The summed E-state index contributed by atoms with van der Waals surface area (Å²) in [5.74, 6) is -3.23. The molecule has 0 saturated carbocycles. The molecule has 4 rings (SSSR count). The number of nitrogens with zero attached hydrogens (tertiary/aromatic N) is 4. The first-order valence-electron chi connectivity index (χ1n) is 8.90. The zero-order chi connectivity index (χ0) is 19.5. The number of rotatable bonds is 4. The Morgan fingerprint density at radius 1 is 0.786 bits per heavy atom. The molecule has 0 unspecified atom stereocenters. The lowest BCUT2D eigenvalue weighted by atomic mass is 10.2. The van der Waals surface area contributed by atoms with Gasteiger partial charge in [-0.15, -0.1) is 0 Å². The van der Waals surface area contributed by atoms with Crippen LogP contribution in [-0.2, 0) is 0 Å². The lowest BCUT2D eigenvalue weighted by Gasteiger charge is -2.36. The van der Waals surface area contributed by atoms with Crippen molar-refractivity contribution in [2.24, 2.45) is 0 Å². The van der Waals surface area contributed by atoms with E-state index in [4.69, 9.17) is 0 Å². The van der Waals surface area contributed by atoms with Crippen LogP contribution in [0.4, 0.5) is 36.3 Å². The Morgan fingerprint density at radius 3 is 2.25 bits per heavy atom.